The van der Waals surface area contributed by atoms with Gasteiger partial charge in [0, 0.05) is 19.4 Å². The number of hydrogen-bond acceptors (Lipinski definition) is 5. The monoisotopic (exact) mass is 707 g/mol. The highest BCUT2D eigenvalue weighted by Gasteiger charge is 2.17. The number of allylic oxidation sites excluding steroid dienone is 2. The first-order valence-electron chi connectivity index (χ1n) is 22.2. The van der Waals surface area contributed by atoms with Crippen molar-refractivity contribution in [3.8, 4) is 0 Å². The fraction of sp³-hybridized carbons (Fsp3) is 0.911. The number of esters is 2. The number of rotatable bonds is 41. The number of ether oxygens (including phenoxy) is 3. The van der Waals surface area contributed by atoms with Gasteiger partial charge in [0.15, 0.2) is 6.10 Å². The Kier molecular flexibility index (Phi) is 40.9. The molecule has 0 aromatic heterocycles. The molecule has 0 amide bonds. The van der Waals surface area contributed by atoms with Crippen LogP contribution >= 0.6 is 0 Å². The van der Waals surface area contributed by atoms with Gasteiger partial charge in [0.2, 0.25) is 0 Å². The van der Waals surface area contributed by atoms with Crippen molar-refractivity contribution >= 4 is 11.9 Å². The Morgan fingerprint density at radius 1 is 0.420 bits per heavy atom. The quantitative estimate of drug-likeness (QED) is 0.0360. The van der Waals surface area contributed by atoms with Crippen molar-refractivity contribution in [3.05, 3.63) is 12.2 Å². The molecule has 0 aliphatic rings. The van der Waals surface area contributed by atoms with Crippen LogP contribution in [0.5, 0.6) is 0 Å². The summed E-state index contributed by atoms with van der Waals surface area (Å²) in [6.45, 7) is 7.81. The topological polar surface area (TPSA) is 61.8 Å². The second-order valence-electron chi connectivity index (χ2n) is 15.0. The van der Waals surface area contributed by atoms with Crippen LogP contribution in [0.15, 0.2) is 12.2 Å². The van der Waals surface area contributed by atoms with Crippen molar-refractivity contribution < 1.29 is 23.8 Å². The van der Waals surface area contributed by atoms with Crippen LogP contribution in [0, 0.1) is 0 Å². The Balaban J connectivity index is 4.10. The molecule has 296 valence electrons. The van der Waals surface area contributed by atoms with Crippen LogP contribution in [-0.2, 0) is 23.8 Å². The summed E-state index contributed by atoms with van der Waals surface area (Å²) in [4.78, 5) is 25.1. The fourth-order valence-electron chi connectivity index (χ4n) is 6.45. The third kappa shape index (κ3) is 39.4. The van der Waals surface area contributed by atoms with Crippen LogP contribution in [0.25, 0.3) is 0 Å². The SMILES string of the molecule is CCCCCCCC/C=C\CCCCCCCC(=O)OCC(COCCCCCCCC)OC(=O)CCCCCCCCCCCCCCC. The van der Waals surface area contributed by atoms with E-state index in [1.165, 1.54) is 154 Å². The van der Waals surface area contributed by atoms with Gasteiger partial charge in [-0.2, -0.15) is 0 Å². The molecule has 0 N–H and O–H groups in total. The van der Waals surface area contributed by atoms with E-state index in [0.29, 0.717) is 26.1 Å². The van der Waals surface area contributed by atoms with Crippen molar-refractivity contribution in [1.29, 1.82) is 0 Å². The van der Waals surface area contributed by atoms with Crippen molar-refractivity contribution in [2.24, 2.45) is 0 Å². The molecule has 0 rings (SSSR count). The normalized spacial score (nSPS) is 12.1. The molecule has 0 heterocycles. The van der Waals surface area contributed by atoms with E-state index in [1.54, 1.807) is 0 Å². The lowest BCUT2D eigenvalue weighted by molar-refractivity contribution is -0.163. The molecule has 0 aliphatic heterocycles. The van der Waals surface area contributed by atoms with Gasteiger partial charge >= 0.3 is 11.9 Å². The molecule has 1 unspecified atom stereocenters. The summed E-state index contributed by atoms with van der Waals surface area (Å²) in [6, 6.07) is 0. The molecule has 0 fully saturated rings. The highest BCUT2D eigenvalue weighted by molar-refractivity contribution is 5.70. The van der Waals surface area contributed by atoms with E-state index in [0.717, 1.165) is 51.4 Å². The molecule has 0 spiro atoms. The summed E-state index contributed by atoms with van der Waals surface area (Å²) >= 11 is 0. The number of carbonyl (C=O) groups is 2. The molecule has 0 bridgehead atoms. The minimum atomic E-state index is -0.525. The highest BCUT2D eigenvalue weighted by Crippen LogP contribution is 2.15. The molecule has 0 aromatic rings. The van der Waals surface area contributed by atoms with Gasteiger partial charge in [0.25, 0.3) is 0 Å². The largest absolute Gasteiger partial charge is 0.462 e. The van der Waals surface area contributed by atoms with E-state index in [9.17, 15) is 9.59 Å². The number of unbranched alkanes of at least 4 members (excludes halogenated alkanes) is 28. The van der Waals surface area contributed by atoms with Crippen molar-refractivity contribution in [3.63, 3.8) is 0 Å². The molecule has 50 heavy (non-hydrogen) atoms. The minimum Gasteiger partial charge on any atom is -0.462 e. The van der Waals surface area contributed by atoms with Gasteiger partial charge in [-0.15, -0.1) is 0 Å². The van der Waals surface area contributed by atoms with Crippen molar-refractivity contribution in [2.45, 2.75) is 245 Å². The lowest BCUT2D eigenvalue weighted by atomic mass is 10.0. The van der Waals surface area contributed by atoms with Crippen LogP contribution in [0.4, 0.5) is 0 Å². The third-order valence-corrected chi connectivity index (χ3v) is 9.80. The zero-order valence-corrected chi connectivity index (χ0v) is 33.9. The van der Waals surface area contributed by atoms with Gasteiger partial charge in [-0.1, -0.05) is 193 Å². The molecule has 1 atom stereocenters. The fourth-order valence-corrected chi connectivity index (χ4v) is 6.45. The average Bonchev–Trinajstić information content (AvgIpc) is 3.11. The van der Waals surface area contributed by atoms with Gasteiger partial charge in [0.05, 0.1) is 6.61 Å². The lowest BCUT2D eigenvalue weighted by Crippen LogP contribution is -2.30. The third-order valence-electron chi connectivity index (χ3n) is 9.80. The molecule has 0 saturated heterocycles. The van der Waals surface area contributed by atoms with Crippen molar-refractivity contribution in [2.75, 3.05) is 19.8 Å². The van der Waals surface area contributed by atoms with Crippen LogP contribution in [0.3, 0.4) is 0 Å². The Morgan fingerprint density at radius 2 is 0.780 bits per heavy atom. The Hall–Kier alpha value is -1.36. The first-order valence-corrected chi connectivity index (χ1v) is 22.2. The van der Waals surface area contributed by atoms with Crippen LogP contribution in [-0.4, -0.2) is 37.9 Å². The van der Waals surface area contributed by atoms with E-state index >= 15 is 0 Å². The summed E-state index contributed by atoms with van der Waals surface area (Å²) in [7, 11) is 0. The van der Waals surface area contributed by atoms with Gasteiger partial charge in [-0.05, 0) is 44.9 Å². The Morgan fingerprint density at radius 3 is 1.22 bits per heavy atom. The van der Waals surface area contributed by atoms with Gasteiger partial charge < -0.3 is 14.2 Å². The van der Waals surface area contributed by atoms with Crippen LogP contribution in [0.1, 0.15) is 239 Å². The van der Waals surface area contributed by atoms with Crippen molar-refractivity contribution in [1.82, 2.24) is 0 Å². The molecule has 5 nitrogen and oxygen atoms in total. The Bertz CT molecular complexity index is 720. The molecule has 0 aliphatic carbocycles. The molecule has 0 radical (unpaired) electrons. The number of hydrogen-bond donors (Lipinski definition) is 0. The zero-order chi connectivity index (χ0) is 36.4. The maximum Gasteiger partial charge on any atom is 0.306 e. The first-order chi connectivity index (χ1) is 24.6. The average molecular weight is 707 g/mol. The summed E-state index contributed by atoms with van der Waals surface area (Å²) in [5, 5.41) is 0. The van der Waals surface area contributed by atoms with E-state index < -0.39 is 6.10 Å². The van der Waals surface area contributed by atoms with Crippen LogP contribution in [0.2, 0.25) is 0 Å². The molecular weight excluding hydrogens is 620 g/mol. The van der Waals surface area contributed by atoms with E-state index in [2.05, 4.69) is 32.9 Å². The molecular formula is C45H86O5. The summed E-state index contributed by atoms with van der Waals surface area (Å²) in [5.41, 5.74) is 0. The van der Waals surface area contributed by atoms with E-state index in [1.807, 2.05) is 0 Å². The first kappa shape index (κ1) is 48.6. The highest BCUT2D eigenvalue weighted by atomic mass is 16.6. The molecule has 0 aromatic carbocycles. The predicted molar refractivity (Wildman–Crippen MR) is 215 cm³/mol. The Labute approximate surface area is 312 Å². The summed E-state index contributed by atoms with van der Waals surface area (Å²) in [5.74, 6) is -0.398. The minimum absolute atomic E-state index is 0.0880. The smallest absolute Gasteiger partial charge is 0.306 e. The zero-order valence-electron chi connectivity index (χ0n) is 33.9. The predicted octanol–water partition coefficient (Wildman–Crippen LogP) is 14.3. The summed E-state index contributed by atoms with van der Waals surface area (Å²) in [6.07, 6.45) is 45.0. The standard InChI is InChI=1S/C45H86O5/c1-4-7-10-13-16-18-20-22-23-25-26-28-30-32-35-38-44(46)49-42-43(41-48-40-37-34-15-12-9-6-3)50-45(47)39-36-33-31-29-27-24-21-19-17-14-11-8-5-2/h22-23,43H,4-21,24-42H2,1-3H3/b23-22-. The second kappa shape index (κ2) is 42.1. The van der Waals surface area contributed by atoms with Gasteiger partial charge in [-0.3, -0.25) is 9.59 Å². The second-order valence-corrected chi connectivity index (χ2v) is 15.0. The van der Waals surface area contributed by atoms with E-state index in [4.69, 9.17) is 14.2 Å². The van der Waals surface area contributed by atoms with Gasteiger partial charge in [-0.25, -0.2) is 0 Å². The molecule has 0 saturated carbocycles. The van der Waals surface area contributed by atoms with Crippen LogP contribution < -0.4 is 0 Å². The van der Waals surface area contributed by atoms with E-state index in [-0.39, 0.29) is 18.5 Å². The summed E-state index contributed by atoms with van der Waals surface area (Å²) < 4.78 is 17.2. The number of carbonyl (C=O) groups excluding carboxylic acids is 2. The maximum atomic E-state index is 12.6. The maximum absolute atomic E-state index is 12.6. The van der Waals surface area contributed by atoms with Gasteiger partial charge in [0.1, 0.15) is 6.61 Å². The lowest BCUT2D eigenvalue weighted by Gasteiger charge is -2.18. The molecule has 5 heteroatoms.